The van der Waals surface area contributed by atoms with Gasteiger partial charge in [0, 0.05) is 0 Å². The van der Waals surface area contributed by atoms with E-state index in [0.29, 0.717) is 6.42 Å². The first kappa shape index (κ1) is 17.3. The van der Waals surface area contributed by atoms with Crippen LogP contribution in [0, 0.1) is 0 Å². The molecule has 0 aliphatic heterocycles. The first-order valence-electron chi connectivity index (χ1n) is 6.24. The van der Waals surface area contributed by atoms with Crippen molar-refractivity contribution in [1.29, 1.82) is 0 Å². The lowest BCUT2D eigenvalue weighted by molar-refractivity contribution is 0.0333. The number of esters is 1. The van der Waals surface area contributed by atoms with Gasteiger partial charge < -0.3 is 14.2 Å². The van der Waals surface area contributed by atoms with Crippen LogP contribution in [0.2, 0.25) is 0 Å². The van der Waals surface area contributed by atoms with Crippen molar-refractivity contribution < 1.29 is 27.4 Å². The van der Waals surface area contributed by atoms with Crippen LogP contribution in [0.5, 0.6) is 11.5 Å². The van der Waals surface area contributed by atoms with Crippen LogP contribution >= 0.6 is 0 Å². The van der Waals surface area contributed by atoms with Crippen LogP contribution in [0.1, 0.15) is 30.6 Å². The molecule has 0 radical (unpaired) electrons. The van der Waals surface area contributed by atoms with Crippen LogP contribution in [-0.2, 0) is 14.8 Å². The second-order valence-electron chi connectivity index (χ2n) is 4.38. The minimum absolute atomic E-state index is 0.0250. The third-order valence-corrected chi connectivity index (χ3v) is 3.79. The Labute approximate surface area is 124 Å². The van der Waals surface area contributed by atoms with Gasteiger partial charge in [0.1, 0.15) is 4.90 Å². The third kappa shape index (κ3) is 4.08. The Balaban J connectivity index is 3.40. The minimum Gasteiger partial charge on any atom is -0.493 e. The molecule has 0 aliphatic rings. The summed E-state index contributed by atoms with van der Waals surface area (Å²) >= 11 is 0. The van der Waals surface area contributed by atoms with Gasteiger partial charge in [-0.2, -0.15) is 0 Å². The molecule has 0 fully saturated rings. The van der Waals surface area contributed by atoms with E-state index in [4.69, 9.17) is 19.3 Å². The van der Waals surface area contributed by atoms with Crippen molar-refractivity contribution in [3.63, 3.8) is 0 Å². The second kappa shape index (κ2) is 6.77. The number of nitrogens with two attached hydrogens (primary N) is 1. The molecule has 0 amide bonds. The molecule has 1 rings (SSSR count). The van der Waals surface area contributed by atoms with Crippen LogP contribution in [-0.4, -0.2) is 34.7 Å². The molecule has 1 aromatic carbocycles. The summed E-state index contributed by atoms with van der Waals surface area (Å²) in [6.45, 7) is 3.60. The van der Waals surface area contributed by atoms with Gasteiger partial charge in [0.05, 0.1) is 25.9 Å². The number of benzene rings is 1. The molecule has 0 spiro atoms. The maximum absolute atomic E-state index is 12.0. The first-order valence-corrected chi connectivity index (χ1v) is 7.79. The molecule has 0 saturated heterocycles. The SMILES string of the molecule is CCC(C)OC(=O)c1cc(OC)c(OC)c(S(N)(=O)=O)c1. The third-order valence-electron chi connectivity index (χ3n) is 2.87. The van der Waals surface area contributed by atoms with Gasteiger partial charge in [-0.15, -0.1) is 0 Å². The van der Waals surface area contributed by atoms with E-state index >= 15 is 0 Å². The fourth-order valence-electron chi connectivity index (χ4n) is 1.59. The second-order valence-corrected chi connectivity index (χ2v) is 5.91. The average Bonchev–Trinajstić information content (AvgIpc) is 2.44. The molecule has 0 aromatic heterocycles. The fraction of sp³-hybridized carbons (Fsp3) is 0.462. The van der Waals surface area contributed by atoms with E-state index in [0.717, 1.165) is 6.07 Å². The van der Waals surface area contributed by atoms with Crippen molar-refractivity contribution in [3.8, 4) is 11.5 Å². The molecule has 21 heavy (non-hydrogen) atoms. The van der Waals surface area contributed by atoms with Crippen LogP contribution in [0.25, 0.3) is 0 Å². The lowest BCUT2D eigenvalue weighted by Crippen LogP contribution is -2.17. The normalized spacial score (nSPS) is 12.6. The summed E-state index contributed by atoms with van der Waals surface area (Å²) in [5.41, 5.74) is 0.0250. The smallest absolute Gasteiger partial charge is 0.338 e. The maximum Gasteiger partial charge on any atom is 0.338 e. The number of primary sulfonamides is 1. The molecule has 1 unspecified atom stereocenters. The van der Waals surface area contributed by atoms with Gasteiger partial charge in [0.2, 0.25) is 10.0 Å². The maximum atomic E-state index is 12.0. The zero-order chi connectivity index (χ0) is 16.2. The summed E-state index contributed by atoms with van der Waals surface area (Å²) in [6.07, 6.45) is 0.352. The summed E-state index contributed by atoms with van der Waals surface area (Å²) in [5.74, 6) is -0.629. The predicted molar refractivity (Wildman–Crippen MR) is 76.1 cm³/mol. The van der Waals surface area contributed by atoms with Crippen LogP contribution in [0.15, 0.2) is 17.0 Å². The quantitative estimate of drug-likeness (QED) is 0.793. The van der Waals surface area contributed by atoms with Crippen molar-refractivity contribution in [3.05, 3.63) is 17.7 Å². The van der Waals surface area contributed by atoms with E-state index in [1.54, 1.807) is 6.92 Å². The van der Waals surface area contributed by atoms with Gasteiger partial charge >= 0.3 is 5.97 Å². The number of hydrogen-bond acceptors (Lipinski definition) is 6. The topological polar surface area (TPSA) is 105 Å². The number of carbonyl (C=O) groups is 1. The summed E-state index contributed by atoms with van der Waals surface area (Å²) in [7, 11) is -1.47. The van der Waals surface area contributed by atoms with Gasteiger partial charge in [0.25, 0.3) is 0 Å². The highest BCUT2D eigenvalue weighted by Gasteiger charge is 2.24. The van der Waals surface area contributed by atoms with Crippen molar-refractivity contribution in [2.24, 2.45) is 5.14 Å². The summed E-state index contributed by atoms with van der Waals surface area (Å²) in [5, 5.41) is 5.14. The molecule has 0 saturated carbocycles. The summed E-state index contributed by atoms with van der Waals surface area (Å²) in [6, 6.07) is 2.46. The predicted octanol–water partition coefficient (Wildman–Crippen LogP) is 1.31. The Morgan fingerprint density at radius 3 is 2.33 bits per heavy atom. The van der Waals surface area contributed by atoms with E-state index in [1.165, 1.54) is 20.3 Å². The molecule has 8 heteroatoms. The van der Waals surface area contributed by atoms with Crippen molar-refractivity contribution >= 4 is 16.0 Å². The zero-order valence-electron chi connectivity index (χ0n) is 12.4. The molecule has 7 nitrogen and oxygen atoms in total. The molecule has 2 N–H and O–H groups in total. The highest BCUT2D eigenvalue weighted by molar-refractivity contribution is 7.89. The summed E-state index contributed by atoms with van der Waals surface area (Å²) < 4.78 is 38.4. The molecule has 0 aliphatic carbocycles. The first-order chi connectivity index (χ1) is 9.74. The van der Waals surface area contributed by atoms with Gasteiger partial charge in [-0.25, -0.2) is 18.4 Å². The van der Waals surface area contributed by atoms with Crippen LogP contribution in [0.4, 0.5) is 0 Å². The average molecular weight is 317 g/mol. The van der Waals surface area contributed by atoms with Gasteiger partial charge in [-0.1, -0.05) is 6.92 Å². The molecule has 118 valence electrons. The Morgan fingerprint density at radius 1 is 1.29 bits per heavy atom. The monoisotopic (exact) mass is 317 g/mol. The van der Waals surface area contributed by atoms with Crippen LogP contribution in [0.3, 0.4) is 0 Å². The van der Waals surface area contributed by atoms with Gasteiger partial charge in [-0.3, -0.25) is 0 Å². The number of methoxy groups -OCH3 is 2. The Kier molecular flexibility index (Phi) is 5.56. The van der Waals surface area contributed by atoms with Crippen LogP contribution < -0.4 is 14.6 Å². The molecular weight excluding hydrogens is 298 g/mol. The lowest BCUT2D eigenvalue weighted by Gasteiger charge is -2.15. The van der Waals surface area contributed by atoms with Gasteiger partial charge in [-0.05, 0) is 25.5 Å². The van der Waals surface area contributed by atoms with Crippen molar-refractivity contribution in [1.82, 2.24) is 0 Å². The number of hydrogen-bond donors (Lipinski definition) is 1. The lowest BCUT2D eigenvalue weighted by atomic mass is 10.2. The van der Waals surface area contributed by atoms with Gasteiger partial charge in [0.15, 0.2) is 11.5 Å². The van der Waals surface area contributed by atoms with Crippen molar-refractivity contribution in [2.45, 2.75) is 31.3 Å². The van der Waals surface area contributed by atoms with E-state index in [-0.39, 0.29) is 28.1 Å². The molecule has 1 aromatic rings. The van der Waals surface area contributed by atoms with E-state index < -0.39 is 16.0 Å². The largest absolute Gasteiger partial charge is 0.493 e. The number of carbonyl (C=O) groups excluding carboxylic acids is 1. The van der Waals surface area contributed by atoms with E-state index in [2.05, 4.69) is 0 Å². The van der Waals surface area contributed by atoms with Crippen molar-refractivity contribution in [2.75, 3.05) is 14.2 Å². The highest BCUT2D eigenvalue weighted by Crippen LogP contribution is 2.35. The molecule has 0 heterocycles. The number of sulfonamides is 1. The summed E-state index contributed by atoms with van der Waals surface area (Å²) in [4.78, 5) is 11.7. The standard InChI is InChI=1S/C13H19NO6S/c1-5-8(2)20-13(15)9-6-10(18-3)12(19-4)11(7-9)21(14,16)17/h6-8H,5H2,1-4H3,(H2,14,16,17). The Bertz CT molecular complexity index is 626. The Hall–Kier alpha value is -1.80. The molecule has 1 atom stereocenters. The van der Waals surface area contributed by atoms with E-state index in [9.17, 15) is 13.2 Å². The minimum atomic E-state index is -4.08. The fourth-order valence-corrected chi connectivity index (χ4v) is 2.33. The van der Waals surface area contributed by atoms with E-state index in [1.807, 2.05) is 6.92 Å². The molecular formula is C13H19NO6S. The highest BCUT2D eigenvalue weighted by atomic mass is 32.2. The number of ether oxygens (including phenoxy) is 3. The Morgan fingerprint density at radius 2 is 1.90 bits per heavy atom. The zero-order valence-corrected chi connectivity index (χ0v) is 13.2. The molecule has 0 bridgehead atoms. The number of rotatable bonds is 6.